The van der Waals surface area contributed by atoms with Crippen LogP contribution in [-0.2, 0) is 4.79 Å². The molecule has 7 heteroatoms. The van der Waals surface area contributed by atoms with E-state index < -0.39 is 12.1 Å². The molecule has 0 saturated carbocycles. The largest absolute Gasteiger partial charge is 0.352 e. The summed E-state index contributed by atoms with van der Waals surface area (Å²) in [6.07, 6.45) is 2.92. The summed E-state index contributed by atoms with van der Waals surface area (Å²) >= 11 is 0. The molecule has 0 saturated heterocycles. The highest BCUT2D eigenvalue weighted by Gasteiger charge is 2.17. The average Bonchev–Trinajstić information content (AvgIpc) is 2.22. The van der Waals surface area contributed by atoms with Crippen molar-refractivity contribution in [1.82, 2.24) is 10.6 Å². The van der Waals surface area contributed by atoms with Crippen LogP contribution in [-0.4, -0.2) is 30.6 Å². The van der Waals surface area contributed by atoms with Crippen LogP contribution in [0.15, 0.2) is 0 Å². The predicted molar refractivity (Wildman–Crippen MR) is 69.9 cm³/mol. The molecular formula is C10H23ClN4O2. The molecule has 0 aromatic heterocycles. The quantitative estimate of drug-likeness (QED) is 0.524. The monoisotopic (exact) mass is 266 g/mol. The summed E-state index contributed by atoms with van der Waals surface area (Å²) in [5, 5.41) is 5.09. The number of carbonyl (C=O) groups is 2. The summed E-state index contributed by atoms with van der Waals surface area (Å²) < 4.78 is 0. The van der Waals surface area contributed by atoms with Crippen LogP contribution in [0.3, 0.4) is 0 Å². The average molecular weight is 267 g/mol. The third-order valence-corrected chi connectivity index (χ3v) is 2.29. The first-order chi connectivity index (χ1) is 7.51. The standard InChI is InChI=1S/C10H22N4O2.ClH/c1-3-4-5-8(6-11)14-9(15)7(2)13-10(12)16;/h7-8H,3-6,11H2,1-2H3,(H,14,15)(H3,12,13,16);1H. The molecule has 6 N–H and O–H groups in total. The predicted octanol–water partition coefficient (Wildman–Crippen LogP) is 0.0987. The van der Waals surface area contributed by atoms with Crippen LogP contribution in [0, 0.1) is 0 Å². The highest BCUT2D eigenvalue weighted by Crippen LogP contribution is 1.99. The van der Waals surface area contributed by atoms with E-state index in [1.165, 1.54) is 0 Å². The van der Waals surface area contributed by atoms with Gasteiger partial charge in [-0.15, -0.1) is 12.4 Å². The lowest BCUT2D eigenvalue weighted by molar-refractivity contribution is -0.123. The molecule has 2 atom stereocenters. The highest BCUT2D eigenvalue weighted by atomic mass is 35.5. The van der Waals surface area contributed by atoms with Crippen molar-refractivity contribution in [3.8, 4) is 0 Å². The second-order valence-corrected chi connectivity index (χ2v) is 3.81. The van der Waals surface area contributed by atoms with Crippen LogP contribution in [0.25, 0.3) is 0 Å². The Morgan fingerprint density at radius 1 is 1.29 bits per heavy atom. The Labute approximate surface area is 108 Å². The van der Waals surface area contributed by atoms with Crippen molar-refractivity contribution >= 4 is 24.3 Å². The molecule has 0 aliphatic carbocycles. The number of unbranched alkanes of at least 4 members (excludes halogenated alkanes) is 1. The molecule has 102 valence electrons. The first-order valence-electron chi connectivity index (χ1n) is 5.57. The SMILES string of the molecule is CCCCC(CN)NC(=O)C(C)NC(N)=O.Cl. The Hall–Kier alpha value is -1.01. The second-order valence-electron chi connectivity index (χ2n) is 3.81. The lowest BCUT2D eigenvalue weighted by atomic mass is 10.1. The zero-order chi connectivity index (χ0) is 12.6. The molecule has 0 aliphatic rings. The Bertz CT molecular complexity index is 238. The summed E-state index contributed by atoms with van der Waals surface area (Å²) in [6.45, 7) is 4.05. The molecule has 0 aliphatic heterocycles. The molecule has 2 unspecified atom stereocenters. The number of hydrogen-bond acceptors (Lipinski definition) is 3. The van der Waals surface area contributed by atoms with Gasteiger partial charge in [0.25, 0.3) is 0 Å². The van der Waals surface area contributed by atoms with Gasteiger partial charge in [-0.1, -0.05) is 19.8 Å². The molecule has 0 bridgehead atoms. The van der Waals surface area contributed by atoms with Gasteiger partial charge in [0.15, 0.2) is 0 Å². The van der Waals surface area contributed by atoms with Crippen LogP contribution in [0.4, 0.5) is 4.79 Å². The van der Waals surface area contributed by atoms with E-state index in [1.54, 1.807) is 6.92 Å². The van der Waals surface area contributed by atoms with Crippen molar-refractivity contribution < 1.29 is 9.59 Å². The summed E-state index contributed by atoms with van der Waals surface area (Å²) in [6, 6.07) is -1.38. The van der Waals surface area contributed by atoms with Crippen LogP contribution in [0.1, 0.15) is 33.1 Å². The van der Waals surface area contributed by atoms with Crippen molar-refractivity contribution in [1.29, 1.82) is 0 Å². The van der Waals surface area contributed by atoms with Gasteiger partial charge in [-0.05, 0) is 13.3 Å². The number of amides is 3. The number of nitrogens with two attached hydrogens (primary N) is 2. The molecule has 0 fully saturated rings. The molecule has 6 nitrogen and oxygen atoms in total. The fourth-order valence-corrected chi connectivity index (χ4v) is 1.30. The Morgan fingerprint density at radius 2 is 1.88 bits per heavy atom. The summed E-state index contributed by atoms with van der Waals surface area (Å²) in [5.74, 6) is -0.259. The Morgan fingerprint density at radius 3 is 2.29 bits per heavy atom. The van der Waals surface area contributed by atoms with Crippen LogP contribution < -0.4 is 22.1 Å². The van der Waals surface area contributed by atoms with Crippen molar-refractivity contribution in [2.75, 3.05) is 6.54 Å². The van der Waals surface area contributed by atoms with Gasteiger partial charge >= 0.3 is 6.03 Å². The zero-order valence-electron chi connectivity index (χ0n) is 10.4. The lowest BCUT2D eigenvalue weighted by Crippen LogP contribution is -2.51. The Kier molecular flexibility index (Phi) is 11.0. The van der Waals surface area contributed by atoms with Crippen molar-refractivity contribution in [2.24, 2.45) is 11.5 Å². The maximum Gasteiger partial charge on any atom is 0.312 e. The number of carbonyl (C=O) groups excluding carboxylic acids is 2. The third-order valence-electron chi connectivity index (χ3n) is 2.29. The number of nitrogens with one attached hydrogen (secondary N) is 2. The fourth-order valence-electron chi connectivity index (χ4n) is 1.30. The van der Waals surface area contributed by atoms with Gasteiger partial charge < -0.3 is 22.1 Å². The van der Waals surface area contributed by atoms with Gasteiger partial charge in [-0.2, -0.15) is 0 Å². The number of rotatable bonds is 7. The molecule has 0 rings (SSSR count). The molecular weight excluding hydrogens is 244 g/mol. The van der Waals surface area contributed by atoms with Gasteiger partial charge in [-0.3, -0.25) is 4.79 Å². The van der Waals surface area contributed by atoms with Gasteiger partial charge in [0, 0.05) is 12.6 Å². The fraction of sp³-hybridized carbons (Fsp3) is 0.800. The number of primary amides is 1. The molecule has 3 amide bonds. The highest BCUT2D eigenvalue weighted by molar-refractivity contribution is 5.86. The van der Waals surface area contributed by atoms with E-state index >= 15 is 0 Å². The van der Waals surface area contributed by atoms with E-state index in [4.69, 9.17) is 11.5 Å². The molecule has 0 heterocycles. The molecule has 17 heavy (non-hydrogen) atoms. The summed E-state index contributed by atoms with van der Waals surface area (Å²) in [4.78, 5) is 22.1. The van der Waals surface area contributed by atoms with E-state index in [0.717, 1.165) is 19.3 Å². The minimum absolute atomic E-state index is 0. The van der Waals surface area contributed by atoms with Crippen LogP contribution in [0.2, 0.25) is 0 Å². The van der Waals surface area contributed by atoms with Crippen molar-refractivity contribution in [2.45, 2.75) is 45.2 Å². The van der Waals surface area contributed by atoms with Crippen LogP contribution in [0.5, 0.6) is 0 Å². The normalized spacial score (nSPS) is 13.1. The number of hydrogen-bond donors (Lipinski definition) is 4. The minimum atomic E-state index is -0.708. The Balaban J connectivity index is 0. The van der Waals surface area contributed by atoms with Gasteiger partial charge in [-0.25, -0.2) is 4.79 Å². The van der Waals surface area contributed by atoms with Crippen LogP contribution >= 0.6 is 12.4 Å². The lowest BCUT2D eigenvalue weighted by Gasteiger charge is -2.19. The topological polar surface area (TPSA) is 110 Å². The molecule has 0 spiro atoms. The number of halogens is 1. The zero-order valence-corrected chi connectivity index (χ0v) is 11.2. The maximum atomic E-state index is 11.6. The van der Waals surface area contributed by atoms with E-state index in [1.807, 2.05) is 0 Å². The van der Waals surface area contributed by atoms with Gasteiger partial charge in [0.2, 0.25) is 5.91 Å². The number of urea groups is 1. The molecule has 0 aromatic carbocycles. The first-order valence-corrected chi connectivity index (χ1v) is 5.57. The summed E-state index contributed by atoms with van der Waals surface area (Å²) in [7, 11) is 0. The van der Waals surface area contributed by atoms with E-state index in [-0.39, 0.29) is 24.4 Å². The summed E-state index contributed by atoms with van der Waals surface area (Å²) in [5.41, 5.74) is 10.5. The van der Waals surface area contributed by atoms with E-state index in [0.29, 0.717) is 6.54 Å². The second kappa shape index (κ2) is 10.2. The van der Waals surface area contributed by atoms with Gasteiger partial charge in [0.05, 0.1) is 0 Å². The van der Waals surface area contributed by atoms with Crippen molar-refractivity contribution in [3.05, 3.63) is 0 Å². The minimum Gasteiger partial charge on any atom is -0.352 e. The van der Waals surface area contributed by atoms with Crippen molar-refractivity contribution in [3.63, 3.8) is 0 Å². The molecule has 0 aromatic rings. The van der Waals surface area contributed by atoms with E-state index in [2.05, 4.69) is 17.6 Å². The van der Waals surface area contributed by atoms with E-state index in [9.17, 15) is 9.59 Å². The molecule has 0 radical (unpaired) electrons. The third kappa shape index (κ3) is 8.76. The maximum absolute atomic E-state index is 11.6. The first kappa shape index (κ1) is 18.4. The van der Waals surface area contributed by atoms with Gasteiger partial charge in [0.1, 0.15) is 6.04 Å². The smallest absolute Gasteiger partial charge is 0.312 e.